The third kappa shape index (κ3) is 6.82. The average Bonchev–Trinajstić information content (AvgIpc) is 3.04. The first-order valence-corrected chi connectivity index (χ1v) is 8.83. The van der Waals surface area contributed by atoms with Crippen molar-refractivity contribution in [3.63, 3.8) is 0 Å². The van der Waals surface area contributed by atoms with E-state index in [9.17, 15) is 0 Å². The van der Waals surface area contributed by atoms with Crippen LogP contribution in [-0.2, 0) is 18.4 Å². The Kier molecular flexibility index (Phi) is 7.45. The molecule has 0 unspecified atom stereocenters. The second-order valence-electron chi connectivity index (χ2n) is 5.37. The van der Waals surface area contributed by atoms with Crippen LogP contribution in [-0.4, -0.2) is 5.97 Å². The fraction of sp³-hybridized carbons (Fsp3) is 0.158. The van der Waals surface area contributed by atoms with Crippen molar-refractivity contribution in [1.29, 1.82) is 0 Å². The molecule has 6 nitrogen and oxygen atoms in total. The maximum absolute atomic E-state index is 8.89. The maximum atomic E-state index is 8.89. The van der Waals surface area contributed by atoms with Crippen molar-refractivity contribution in [2.75, 3.05) is 5.32 Å². The van der Waals surface area contributed by atoms with Crippen molar-refractivity contribution in [3.05, 3.63) is 71.7 Å². The zero-order valence-corrected chi connectivity index (χ0v) is 15.4. The van der Waals surface area contributed by atoms with Gasteiger partial charge in [-0.3, -0.25) is 0 Å². The largest absolute Gasteiger partial charge is 0.550 e. The number of azo groups is 1. The van der Waals surface area contributed by atoms with Gasteiger partial charge in [-0.25, -0.2) is 4.57 Å². The van der Waals surface area contributed by atoms with E-state index in [-0.39, 0.29) is 0 Å². The van der Waals surface area contributed by atoms with E-state index in [1.807, 2.05) is 65.7 Å². The van der Waals surface area contributed by atoms with E-state index in [0.717, 1.165) is 30.0 Å². The summed E-state index contributed by atoms with van der Waals surface area (Å²) in [5.74, 6) is -1.08. The van der Waals surface area contributed by atoms with E-state index in [2.05, 4.69) is 27.7 Å². The molecule has 134 valence electrons. The van der Waals surface area contributed by atoms with Crippen LogP contribution in [0.1, 0.15) is 12.5 Å². The lowest BCUT2D eigenvalue weighted by atomic mass is 10.2. The second-order valence-corrected chi connectivity index (χ2v) is 6.25. The maximum Gasteiger partial charge on any atom is 0.408 e. The summed E-state index contributed by atoms with van der Waals surface area (Å²) in [5, 5.41) is 23.7. The summed E-state index contributed by atoms with van der Waals surface area (Å²) in [7, 11) is 1.96. The molecule has 0 saturated carbocycles. The molecule has 0 saturated heterocycles. The highest BCUT2D eigenvalue weighted by Gasteiger charge is 2.06. The van der Waals surface area contributed by atoms with Gasteiger partial charge >= 0.3 is 5.13 Å². The lowest BCUT2D eigenvalue weighted by Gasteiger charge is -2.05. The van der Waals surface area contributed by atoms with Crippen LogP contribution in [0, 0.1) is 0 Å². The van der Waals surface area contributed by atoms with Gasteiger partial charge in [-0.2, -0.15) is 0 Å². The summed E-state index contributed by atoms with van der Waals surface area (Å²) >= 11 is 1.57. The van der Waals surface area contributed by atoms with Crippen molar-refractivity contribution in [2.24, 2.45) is 17.3 Å². The van der Waals surface area contributed by atoms with Gasteiger partial charge in [-0.05, 0) is 53.2 Å². The van der Waals surface area contributed by atoms with Crippen molar-refractivity contribution < 1.29 is 14.5 Å². The summed E-state index contributed by atoms with van der Waals surface area (Å²) in [4.78, 5) is 8.89. The lowest BCUT2D eigenvalue weighted by molar-refractivity contribution is -0.654. The SMILES string of the molecule is CC(=O)[O-].C[n+]1ccsc1/N=N/c1ccc(NCc2ccccc2)cc1. The number of carbonyl (C=O) groups is 1. The number of aliphatic carboxylic acids is 1. The Morgan fingerprint density at radius 3 is 2.35 bits per heavy atom. The number of nitrogens with zero attached hydrogens (tertiary/aromatic N) is 3. The third-order valence-corrected chi connectivity index (χ3v) is 4.06. The van der Waals surface area contributed by atoms with Gasteiger partial charge in [0.1, 0.15) is 11.9 Å². The molecule has 3 aromatic rings. The third-order valence-electron chi connectivity index (χ3n) is 3.22. The average molecular weight is 368 g/mol. The number of thiazole rings is 1. The van der Waals surface area contributed by atoms with E-state index in [1.54, 1.807) is 11.3 Å². The fourth-order valence-corrected chi connectivity index (χ4v) is 2.65. The van der Waals surface area contributed by atoms with Crippen molar-refractivity contribution in [2.45, 2.75) is 13.5 Å². The number of benzene rings is 2. The topological polar surface area (TPSA) is 80.8 Å². The molecular formula is C19H20N4O2S. The summed E-state index contributed by atoms with van der Waals surface area (Å²) in [6, 6.07) is 18.3. The number of carboxylic acids is 1. The van der Waals surface area contributed by atoms with Crippen LogP contribution in [0.3, 0.4) is 0 Å². The van der Waals surface area contributed by atoms with Gasteiger partial charge in [0.2, 0.25) is 0 Å². The Morgan fingerprint density at radius 1 is 1.12 bits per heavy atom. The summed E-state index contributed by atoms with van der Waals surface area (Å²) in [5.41, 5.74) is 3.18. The number of carbonyl (C=O) groups excluding carboxylic acids is 1. The molecule has 0 radical (unpaired) electrons. The first-order chi connectivity index (χ1) is 12.5. The van der Waals surface area contributed by atoms with Gasteiger partial charge in [0.15, 0.2) is 0 Å². The fourth-order valence-electron chi connectivity index (χ4n) is 1.97. The minimum atomic E-state index is -1.08. The lowest BCUT2D eigenvalue weighted by Crippen LogP contribution is -2.23. The molecule has 0 atom stereocenters. The first kappa shape index (κ1) is 19.3. The Balaban J connectivity index is 0.000000552. The van der Waals surface area contributed by atoms with Crippen LogP contribution in [0.5, 0.6) is 0 Å². The van der Waals surface area contributed by atoms with E-state index in [4.69, 9.17) is 9.90 Å². The van der Waals surface area contributed by atoms with E-state index >= 15 is 0 Å². The van der Waals surface area contributed by atoms with Crippen LogP contribution >= 0.6 is 11.3 Å². The first-order valence-electron chi connectivity index (χ1n) is 7.95. The molecule has 0 spiro atoms. The number of hydrogen-bond donors (Lipinski definition) is 1. The quantitative estimate of drug-likeness (QED) is 0.554. The Hall–Kier alpha value is -3.06. The molecular weight excluding hydrogens is 348 g/mol. The number of anilines is 1. The zero-order chi connectivity index (χ0) is 18.8. The van der Waals surface area contributed by atoms with E-state index in [1.165, 1.54) is 5.56 Å². The second kappa shape index (κ2) is 10.0. The summed E-state index contributed by atoms with van der Waals surface area (Å²) in [6.07, 6.45) is 1.97. The van der Waals surface area contributed by atoms with Gasteiger partial charge < -0.3 is 15.2 Å². The van der Waals surface area contributed by atoms with Crippen LogP contribution in [0.4, 0.5) is 16.5 Å². The molecule has 2 aromatic carbocycles. The van der Waals surface area contributed by atoms with Crippen LogP contribution in [0.25, 0.3) is 0 Å². The number of aryl methyl sites for hydroxylation is 1. The molecule has 26 heavy (non-hydrogen) atoms. The van der Waals surface area contributed by atoms with Crippen LogP contribution in [0.15, 0.2) is 76.4 Å². The summed E-state index contributed by atoms with van der Waals surface area (Å²) < 4.78 is 1.95. The standard InChI is InChI=1S/C17H16N4S.C2H4O2/c1-21-11-12-22-17(21)20-19-16-9-7-15(8-10-16)18-13-14-5-3-2-4-6-14;1-2(3)4/h2-12H,13H2,1H3;1H3,(H,3,4). The van der Waals surface area contributed by atoms with Crippen molar-refractivity contribution >= 4 is 33.8 Å². The molecule has 3 rings (SSSR count). The molecule has 1 aromatic heterocycles. The predicted molar refractivity (Wildman–Crippen MR) is 101 cm³/mol. The number of rotatable bonds is 5. The Morgan fingerprint density at radius 2 is 1.77 bits per heavy atom. The van der Waals surface area contributed by atoms with Gasteiger partial charge in [-0.15, -0.1) is 0 Å². The molecule has 7 heteroatoms. The minimum Gasteiger partial charge on any atom is -0.550 e. The van der Waals surface area contributed by atoms with Gasteiger partial charge in [-0.1, -0.05) is 30.3 Å². The van der Waals surface area contributed by atoms with Gasteiger partial charge in [0.05, 0.1) is 12.2 Å². The van der Waals surface area contributed by atoms with E-state index < -0.39 is 5.97 Å². The molecule has 0 bridgehead atoms. The number of nitrogens with one attached hydrogen (secondary N) is 1. The molecule has 0 aliphatic heterocycles. The Labute approximate surface area is 156 Å². The zero-order valence-electron chi connectivity index (χ0n) is 14.6. The predicted octanol–water partition coefficient (Wildman–Crippen LogP) is 3.36. The highest BCUT2D eigenvalue weighted by molar-refractivity contribution is 7.12. The molecule has 0 amide bonds. The highest BCUT2D eigenvalue weighted by Crippen LogP contribution is 2.20. The van der Waals surface area contributed by atoms with E-state index in [0.29, 0.717) is 0 Å². The monoisotopic (exact) mass is 368 g/mol. The molecule has 1 N–H and O–H groups in total. The number of carboxylic acid groups (broad SMARTS) is 1. The molecule has 0 aliphatic carbocycles. The number of hydrogen-bond acceptors (Lipinski definition) is 6. The van der Waals surface area contributed by atoms with Gasteiger partial charge in [0, 0.05) is 23.6 Å². The normalized spacial score (nSPS) is 10.2. The van der Waals surface area contributed by atoms with Crippen molar-refractivity contribution in [3.8, 4) is 0 Å². The van der Waals surface area contributed by atoms with Crippen molar-refractivity contribution in [1.82, 2.24) is 0 Å². The molecule has 1 heterocycles. The minimum absolute atomic E-state index is 0.812. The van der Waals surface area contributed by atoms with Gasteiger partial charge in [0.25, 0.3) is 0 Å². The van der Waals surface area contributed by atoms with Crippen LogP contribution < -0.4 is 15.0 Å². The van der Waals surface area contributed by atoms with Crippen LogP contribution in [0.2, 0.25) is 0 Å². The Bertz CT molecular complexity index is 841. The highest BCUT2D eigenvalue weighted by atomic mass is 32.1. The molecule has 0 aliphatic rings. The number of aromatic nitrogens is 1. The summed E-state index contributed by atoms with van der Waals surface area (Å²) in [6.45, 7) is 1.78. The molecule has 0 fully saturated rings. The smallest absolute Gasteiger partial charge is 0.408 e.